The van der Waals surface area contributed by atoms with Crippen molar-refractivity contribution < 1.29 is 14.4 Å². The fraction of sp³-hybridized carbons (Fsp3) is 0.172. The van der Waals surface area contributed by atoms with Gasteiger partial charge in [-0.3, -0.25) is 19.5 Å². The highest BCUT2D eigenvalue weighted by atomic mass is 32.1. The SMILES string of the molecule is COc1ccc(C2C3=C(N=c4sc(=Cc5ccc(OC)c([N+](=O)[O-])c5)c(=O)n42)c2ccccc2CC3)cc1. The van der Waals surface area contributed by atoms with E-state index >= 15 is 0 Å². The lowest BCUT2D eigenvalue weighted by atomic mass is 9.83. The highest BCUT2D eigenvalue weighted by Gasteiger charge is 2.32. The average Bonchev–Trinajstić information content (AvgIpc) is 3.26. The van der Waals surface area contributed by atoms with Crippen molar-refractivity contribution in [1.82, 2.24) is 4.57 Å². The number of ether oxygens (including phenoxy) is 2. The summed E-state index contributed by atoms with van der Waals surface area (Å²) in [6.45, 7) is 0. The third-order valence-electron chi connectivity index (χ3n) is 7.00. The van der Waals surface area contributed by atoms with E-state index in [1.807, 2.05) is 36.4 Å². The molecule has 8 nitrogen and oxygen atoms in total. The molecule has 0 fully saturated rings. The van der Waals surface area contributed by atoms with Crippen molar-refractivity contribution in [2.45, 2.75) is 18.9 Å². The zero-order valence-corrected chi connectivity index (χ0v) is 21.5. The quantitative estimate of drug-likeness (QED) is 0.287. The Bertz CT molecular complexity index is 1800. The Kier molecular flexibility index (Phi) is 5.92. The molecule has 2 aliphatic rings. The van der Waals surface area contributed by atoms with Gasteiger partial charge >= 0.3 is 5.69 Å². The van der Waals surface area contributed by atoms with Crippen molar-refractivity contribution in [3.05, 3.63) is 124 Å². The van der Waals surface area contributed by atoms with Gasteiger partial charge in [0.25, 0.3) is 5.56 Å². The van der Waals surface area contributed by atoms with Crippen molar-refractivity contribution >= 4 is 28.8 Å². The molecule has 0 spiro atoms. The summed E-state index contributed by atoms with van der Waals surface area (Å²) in [7, 11) is 3.01. The van der Waals surface area contributed by atoms with Crippen LogP contribution in [0.25, 0.3) is 11.8 Å². The van der Waals surface area contributed by atoms with Gasteiger partial charge in [-0.15, -0.1) is 0 Å². The molecule has 0 saturated heterocycles. The molecular weight excluding hydrogens is 502 g/mol. The minimum Gasteiger partial charge on any atom is -0.497 e. The first-order valence-electron chi connectivity index (χ1n) is 12.1. The summed E-state index contributed by atoms with van der Waals surface area (Å²) in [4.78, 5) is 30.5. The average molecular weight is 526 g/mol. The molecule has 3 aromatic carbocycles. The first-order chi connectivity index (χ1) is 18.5. The van der Waals surface area contributed by atoms with E-state index in [1.165, 1.54) is 36.1 Å². The third kappa shape index (κ3) is 3.92. The lowest BCUT2D eigenvalue weighted by Crippen LogP contribution is -2.38. The smallest absolute Gasteiger partial charge is 0.311 e. The van der Waals surface area contributed by atoms with E-state index in [-0.39, 0.29) is 23.0 Å². The number of aryl methyl sites for hydroxylation is 1. The number of thiazole rings is 1. The molecule has 38 heavy (non-hydrogen) atoms. The van der Waals surface area contributed by atoms with Gasteiger partial charge in [0.15, 0.2) is 10.6 Å². The van der Waals surface area contributed by atoms with E-state index in [4.69, 9.17) is 14.5 Å². The number of fused-ring (bicyclic) bond motifs is 3. The molecule has 6 rings (SSSR count). The Labute approximate surface area is 221 Å². The van der Waals surface area contributed by atoms with Crippen LogP contribution in [0.2, 0.25) is 0 Å². The minimum absolute atomic E-state index is 0.155. The van der Waals surface area contributed by atoms with Crippen LogP contribution in [-0.2, 0) is 6.42 Å². The standard InChI is InChI=1S/C29H23N3O5S/c1-36-20-11-8-19(9-12-20)27-22-13-10-18-5-3-4-6-21(18)26(22)30-29-31(27)28(33)25(38-29)16-17-7-14-24(37-2)23(15-17)32(34)35/h3-9,11-12,14-16,27H,10,13H2,1-2H3. The summed E-state index contributed by atoms with van der Waals surface area (Å²) in [5, 5.41) is 11.5. The highest BCUT2D eigenvalue weighted by molar-refractivity contribution is 7.07. The van der Waals surface area contributed by atoms with Crippen molar-refractivity contribution in [1.29, 1.82) is 0 Å². The second-order valence-electron chi connectivity index (χ2n) is 9.08. The molecule has 9 heteroatoms. The van der Waals surface area contributed by atoms with Gasteiger partial charge in [-0.05, 0) is 59.4 Å². The van der Waals surface area contributed by atoms with Crippen LogP contribution < -0.4 is 24.4 Å². The van der Waals surface area contributed by atoms with E-state index in [9.17, 15) is 14.9 Å². The first-order valence-corrected chi connectivity index (χ1v) is 12.9. The molecule has 0 radical (unpaired) electrons. The fourth-order valence-corrected chi connectivity index (χ4v) is 6.20. The van der Waals surface area contributed by atoms with Crippen LogP contribution in [0.5, 0.6) is 11.5 Å². The zero-order valence-electron chi connectivity index (χ0n) is 20.7. The Morgan fingerprint density at radius 2 is 1.84 bits per heavy atom. The second-order valence-corrected chi connectivity index (χ2v) is 10.1. The zero-order chi connectivity index (χ0) is 26.4. The van der Waals surface area contributed by atoms with Gasteiger partial charge in [-0.1, -0.05) is 53.8 Å². The number of allylic oxidation sites excluding steroid dienone is 1. The van der Waals surface area contributed by atoms with Crippen molar-refractivity contribution in [2.24, 2.45) is 4.99 Å². The summed E-state index contributed by atoms with van der Waals surface area (Å²) >= 11 is 1.29. The van der Waals surface area contributed by atoms with Crippen LogP contribution >= 0.6 is 11.3 Å². The Morgan fingerprint density at radius 1 is 1.05 bits per heavy atom. The van der Waals surface area contributed by atoms with Gasteiger partial charge in [0, 0.05) is 11.6 Å². The van der Waals surface area contributed by atoms with Crippen LogP contribution in [0, 0.1) is 10.1 Å². The molecule has 0 saturated carbocycles. The van der Waals surface area contributed by atoms with E-state index in [1.54, 1.807) is 23.8 Å². The first kappa shape index (κ1) is 23.9. The number of nitro benzene ring substituents is 1. The van der Waals surface area contributed by atoms with Crippen LogP contribution in [-0.4, -0.2) is 23.7 Å². The van der Waals surface area contributed by atoms with Gasteiger partial charge in [0.2, 0.25) is 0 Å². The molecule has 1 aromatic heterocycles. The lowest BCUT2D eigenvalue weighted by molar-refractivity contribution is -0.385. The van der Waals surface area contributed by atoms with Crippen LogP contribution in [0.1, 0.15) is 34.7 Å². The third-order valence-corrected chi connectivity index (χ3v) is 7.98. The van der Waals surface area contributed by atoms with E-state index in [0.717, 1.165) is 41.0 Å². The van der Waals surface area contributed by atoms with Gasteiger partial charge in [0.05, 0.1) is 35.4 Å². The number of rotatable bonds is 5. The van der Waals surface area contributed by atoms with Crippen LogP contribution in [0.15, 0.2) is 82.1 Å². The molecule has 2 heterocycles. The topological polar surface area (TPSA) is 96.0 Å². The Hall–Kier alpha value is -4.50. The molecular formula is C29H23N3O5S. The van der Waals surface area contributed by atoms with Crippen LogP contribution in [0.4, 0.5) is 5.69 Å². The van der Waals surface area contributed by atoms with Gasteiger partial charge < -0.3 is 9.47 Å². The molecule has 0 bridgehead atoms. The monoisotopic (exact) mass is 525 g/mol. The molecule has 4 aromatic rings. The summed E-state index contributed by atoms with van der Waals surface area (Å²) in [5.74, 6) is 0.907. The summed E-state index contributed by atoms with van der Waals surface area (Å²) in [6, 6.07) is 20.4. The molecule has 190 valence electrons. The predicted octanol–water partition coefficient (Wildman–Crippen LogP) is 4.24. The van der Waals surface area contributed by atoms with Crippen molar-refractivity contribution in [2.75, 3.05) is 14.2 Å². The highest BCUT2D eigenvalue weighted by Crippen LogP contribution is 2.41. The minimum atomic E-state index is -0.493. The number of benzene rings is 3. The number of nitro groups is 1. The van der Waals surface area contributed by atoms with Crippen molar-refractivity contribution in [3.8, 4) is 11.5 Å². The second kappa shape index (κ2) is 9.42. The fourth-order valence-electron chi connectivity index (χ4n) is 5.20. The molecule has 1 unspecified atom stereocenters. The molecule has 0 amide bonds. The van der Waals surface area contributed by atoms with Crippen molar-refractivity contribution in [3.63, 3.8) is 0 Å². The summed E-state index contributed by atoms with van der Waals surface area (Å²) < 4.78 is 12.7. The van der Waals surface area contributed by atoms with E-state index in [2.05, 4.69) is 12.1 Å². The number of nitrogens with zero attached hydrogens (tertiary/aromatic N) is 3. The summed E-state index contributed by atoms with van der Waals surface area (Å²) in [5.41, 5.74) is 5.53. The molecule has 1 aliphatic carbocycles. The Morgan fingerprint density at radius 3 is 2.58 bits per heavy atom. The van der Waals surface area contributed by atoms with Gasteiger partial charge in [0.1, 0.15) is 5.75 Å². The number of aromatic nitrogens is 1. The molecule has 1 atom stereocenters. The maximum absolute atomic E-state index is 13.9. The van der Waals surface area contributed by atoms with E-state index < -0.39 is 4.92 Å². The molecule has 0 N–H and O–H groups in total. The number of methoxy groups -OCH3 is 2. The largest absolute Gasteiger partial charge is 0.497 e. The van der Waals surface area contributed by atoms with E-state index in [0.29, 0.717) is 14.9 Å². The van der Waals surface area contributed by atoms with Gasteiger partial charge in [-0.25, -0.2) is 4.99 Å². The maximum Gasteiger partial charge on any atom is 0.311 e. The van der Waals surface area contributed by atoms with Crippen LogP contribution in [0.3, 0.4) is 0 Å². The number of hydrogen-bond donors (Lipinski definition) is 0. The number of hydrogen-bond acceptors (Lipinski definition) is 7. The van der Waals surface area contributed by atoms with Gasteiger partial charge in [-0.2, -0.15) is 0 Å². The Balaban J connectivity index is 1.57. The predicted molar refractivity (Wildman–Crippen MR) is 145 cm³/mol. The molecule has 1 aliphatic heterocycles. The summed E-state index contributed by atoms with van der Waals surface area (Å²) in [6.07, 6.45) is 3.34. The maximum atomic E-state index is 13.9. The normalized spacial score (nSPS) is 16.3. The lowest BCUT2D eigenvalue weighted by Gasteiger charge is -2.30.